The molecule has 0 radical (unpaired) electrons. The van der Waals surface area contributed by atoms with Gasteiger partial charge in [-0.15, -0.1) is 0 Å². The highest BCUT2D eigenvalue weighted by Crippen LogP contribution is 2.24. The van der Waals surface area contributed by atoms with Gasteiger partial charge in [-0.1, -0.05) is 23.8 Å². The van der Waals surface area contributed by atoms with Crippen LogP contribution in [0.1, 0.15) is 23.6 Å². The minimum absolute atomic E-state index is 0.316. The van der Waals surface area contributed by atoms with Crippen LogP contribution in [0.15, 0.2) is 18.2 Å². The Bertz CT molecular complexity index is 316. The maximum absolute atomic E-state index is 10.1. The lowest BCUT2D eigenvalue weighted by molar-refractivity contribution is -0.0212. The maximum atomic E-state index is 10.1. The molecule has 0 saturated carbocycles. The summed E-state index contributed by atoms with van der Waals surface area (Å²) in [6, 6.07) is 6.04. The molecule has 0 bridgehead atoms. The van der Waals surface area contributed by atoms with Crippen molar-refractivity contribution in [2.75, 3.05) is 13.7 Å². The van der Waals surface area contributed by atoms with Crippen molar-refractivity contribution in [1.82, 2.24) is 0 Å². The van der Waals surface area contributed by atoms with Gasteiger partial charge in [0.05, 0.1) is 6.61 Å². The Hall–Kier alpha value is -0.860. The Kier molecular flexibility index (Phi) is 3.29. The first kappa shape index (κ1) is 11.2. The predicted octanol–water partition coefficient (Wildman–Crippen LogP) is 2.16. The van der Waals surface area contributed by atoms with Crippen LogP contribution in [0, 0.1) is 13.8 Å². The van der Waals surface area contributed by atoms with E-state index in [-0.39, 0.29) is 0 Å². The molecule has 0 aliphatic heterocycles. The van der Waals surface area contributed by atoms with E-state index in [0.29, 0.717) is 6.61 Å². The number of aryl methyl sites for hydroxylation is 2. The van der Waals surface area contributed by atoms with Gasteiger partial charge in [0.15, 0.2) is 0 Å². The largest absolute Gasteiger partial charge is 0.383 e. The standard InChI is InChI=1S/C12H18O2/c1-9-5-6-11(10(2)7-9)12(3,13)8-14-4/h5-7,13H,8H2,1-4H3. The third kappa shape index (κ3) is 2.34. The van der Waals surface area contributed by atoms with Gasteiger partial charge < -0.3 is 9.84 Å². The smallest absolute Gasteiger partial charge is 0.110 e. The number of hydrogen-bond donors (Lipinski definition) is 1. The molecular weight excluding hydrogens is 176 g/mol. The molecule has 1 aromatic carbocycles. The van der Waals surface area contributed by atoms with E-state index in [9.17, 15) is 5.11 Å². The van der Waals surface area contributed by atoms with Crippen molar-refractivity contribution in [1.29, 1.82) is 0 Å². The average Bonchev–Trinajstić information content (AvgIpc) is 2.02. The third-order valence-corrected chi connectivity index (χ3v) is 2.39. The van der Waals surface area contributed by atoms with Crippen molar-refractivity contribution in [3.8, 4) is 0 Å². The first-order valence-corrected chi connectivity index (χ1v) is 4.76. The van der Waals surface area contributed by atoms with E-state index in [4.69, 9.17) is 4.74 Å². The van der Waals surface area contributed by atoms with E-state index in [1.54, 1.807) is 14.0 Å². The molecule has 0 aliphatic rings. The molecule has 1 unspecified atom stereocenters. The van der Waals surface area contributed by atoms with Crippen molar-refractivity contribution in [3.63, 3.8) is 0 Å². The third-order valence-electron chi connectivity index (χ3n) is 2.39. The molecule has 0 fully saturated rings. The highest BCUT2D eigenvalue weighted by Gasteiger charge is 2.24. The van der Waals surface area contributed by atoms with Crippen molar-refractivity contribution < 1.29 is 9.84 Å². The Morgan fingerprint density at radius 1 is 1.36 bits per heavy atom. The lowest BCUT2D eigenvalue weighted by Crippen LogP contribution is -2.28. The van der Waals surface area contributed by atoms with Crippen molar-refractivity contribution in [3.05, 3.63) is 34.9 Å². The van der Waals surface area contributed by atoms with Gasteiger partial charge in [0.25, 0.3) is 0 Å². The molecule has 1 aromatic rings. The van der Waals surface area contributed by atoms with Crippen LogP contribution in [0.4, 0.5) is 0 Å². The number of methoxy groups -OCH3 is 1. The molecule has 14 heavy (non-hydrogen) atoms. The molecule has 0 saturated heterocycles. The molecular formula is C12H18O2. The van der Waals surface area contributed by atoms with Crippen LogP contribution >= 0.6 is 0 Å². The van der Waals surface area contributed by atoms with Crippen molar-refractivity contribution in [2.45, 2.75) is 26.4 Å². The summed E-state index contributed by atoms with van der Waals surface area (Å²) >= 11 is 0. The molecule has 0 spiro atoms. The normalized spacial score (nSPS) is 15.2. The van der Waals surface area contributed by atoms with Gasteiger partial charge in [0.2, 0.25) is 0 Å². The van der Waals surface area contributed by atoms with Crippen LogP contribution in [0.25, 0.3) is 0 Å². The Labute approximate surface area is 85.5 Å². The number of hydrogen-bond acceptors (Lipinski definition) is 2. The molecule has 0 amide bonds. The van der Waals surface area contributed by atoms with Crippen LogP contribution in [-0.2, 0) is 10.3 Å². The minimum atomic E-state index is -0.896. The summed E-state index contributed by atoms with van der Waals surface area (Å²) in [6.45, 7) is 6.14. The molecule has 2 heteroatoms. The molecule has 0 aliphatic carbocycles. The van der Waals surface area contributed by atoms with Gasteiger partial charge in [-0.05, 0) is 31.9 Å². The summed E-state index contributed by atoms with van der Waals surface area (Å²) in [5.41, 5.74) is 2.35. The molecule has 78 valence electrons. The van der Waals surface area contributed by atoms with Gasteiger partial charge in [-0.3, -0.25) is 0 Å². The zero-order valence-corrected chi connectivity index (χ0v) is 9.29. The highest BCUT2D eigenvalue weighted by molar-refractivity contribution is 5.34. The van der Waals surface area contributed by atoms with E-state index < -0.39 is 5.60 Å². The van der Waals surface area contributed by atoms with Crippen LogP contribution < -0.4 is 0 Å². The van der Waals surface area contributed by atoms with Crippen molar-refractivity contribution >= 4 is 0 Å². The van der Waals surface area contributed by atoms with E-state index in [1.165, 1.54) is 5.56 Å². The zero-order chi connectivity index (χ0) is 10.8. The minimum Gasteiger partial charge on any atom is -0.383 e. The second-order valence-corrected chi connectivity index (χ2v) is 4.03. The SMILES string of the molecule is COCC(C)(O)c1ccc(C)cc1C. The topological polar surface area (TPSA) is 29.5 Å². The Balaban J connectivity index is 3.06. The van der Waals surface area contributed by atoms with E-state index in [2.05, 4.69) is 6.07 Å². The molecule has 1 atom stereocenters. The second-order valence-electron chi connectivity index (χ2n) is 4.03. The van der Waals surface area contributed by atoms with E-state index >= 15 is 0 Å². The van der Waals surface area contributed by atoms with E-state index in [0.717, 1.165) is 11.1 Å². The summed E-state index contributed by atoms with van der Waals surface area (Å²) in [6.07, 6.45) is 0. The quantitative estimate of drug-likeness (QED) is 0.799. The van der Waals surface area contributed by atoms with Crippen LogP contribution in [0.3, 0.4) is 0 Å². The first-order chi connectivity index (χ1) is 6.47. The van der Waals surface area contributed by atoms with Crippen molar-refractivity contribution in [2.24, 2.45) is 0 Å². The zero-order valence-electron chi connectivity index (χ0n) is 9.29. The Morgan fingerprint density at radius 3 is 2.50 bits per heavy atom. The number of ether oxygens (including phenoxy) is 1. The number of benzene rings is 1. The van der Waals surface area contributed by atoms with Crippen LogP contribution in [0.5, 0.6) is 0 Å². The summed E-state index contributed by atoms with van der Waals surface area (Å²) < 4.78 is 5.00. The number of rotatable bonds is 3. The summed E-state index contributed by atoms with van der Waals surface area (Å²) in [5, 5.41) is 10.1. The van der Waals surface area contributed by atoms with Crippen LogP contribution in [-0.4, -0.2) is 18.8 Å². The van der Waals surface area contributed by atoms with Gasteiger partial charge in [-0.25, -0.2) is 0 Å². The fourth-order valence-corrected chi connectivity index (χ4v) is 1.78. The molecule has 1 N–H and O–H groups in total. The van der Waals surface area contributed by atoms with Gasteiger partial charge in [0, 0.05) is 7.11 Å². The lowest BCUT2D eigenvalue weighted by atomic mass is 9.92. The highest BCUT2D eigenvalue weighted by atomic mass is 16.5. The van der Waals surface area contributed by atoms with Gasteiger partial charge in [-0.2, -0.15) is 0 Å². The summed E-state index contributed by atoms with van der Waals surface area (Å²) in [7, 11) is 1.60. The number of aliphatic hydroxyl groups is 1. The molecule has 1 rings (SSSR count). The summed E-state index contributed by atoms with van der Waals surface area (Å²) in [5.74, 6) is 0. The first-order valence-electron chi connectivity index (χ1n) is 4.76. The average molecular weight is 194 g/mol. The second kappa shape index (κ2) is 4.11. The van der Waals surface area contributed by atoms with Gasteiger partial charge >= 0.3 is 0 Å². The Morgan fingerprint density at radius 2 is 2.00 bits per heavy atom. The maximum Gasteiger partial charge on any atom is 0.110 e. The van der Waals surface area contributed by atoms with Gasteiger partial charge in [0.1, 0.15) is 5.60 Å². The monoisotopic (exact) mass is 194 g/mol. The fraction of sp³-hybridized carbons (Fsp3) is 0.500. The fourth-order valence-electron chi connectivity index (χ4n) is 1.78. The van der Waals surface area contributed by atoms with Crippen LogP contribution in [0.2, 0.25) is 0 Å². The predicted molar refractivity (Wildman–Crippen MR) is 57.4 cm³/mol. The molecule has 0 aromatic heterocycles. The van der Waals surface area contributed by atoms with E-state index in [1.807, 2.05) is 26.0 Å². The molecule has 0 heterocycles. The summed E-state index contributed by atoms with van der Waals surface area (Å²) in [4.78, 5) is 0. The molecule has 2 nitrogen and oxygen atoms in total. The lowest BCUT2D eigenvalue weighted by Gasteiger charge is -2.24.